The maximum absolute atomic E-state index is 10.1. The summed E-state index contributed by atoms with van der Waals surface area (Å²) in [5.74, 6) is 0. The van der Waals surface area contributed by atoms with E-state index >= 15 is 0 Å². The van der Waals surface area contributed by atoms with Gasteiger partial charge in [0.05, 0.1) is 0 Å². The molecule has 0 aliphatic heterocycles. The molecule has 1 aromatic rings. The zero-order valence-electron chi connectivity index (χ0n) is 6.66. The van der Waals surface area contributed by atoms with Crippen LogP contribution in [-0.2, 0) is 6.54 Å². The largest absolute Gasteiger partial charge is 0.465 e. The number of hydrogen-bond donors (Lipinski definition) is 3. The predicted molar refractivity (Wildman–Crippen MR) is 46.3 cm³/mol. The quantitative estimate of drug-likeness (QED) is 0.627. The summed E-state index contributed by atoms with van der Waals surface area (Å²) in [5.41, 5.74) is 0.968. The molecular formula is C8H12N2O2. The molecule has 5 N–H and O–H groups in total. The Morgan fingerprint density at radius 1 is 1.33 bits per heavy atom. The van der Waals surface area contributed by atoms with Gasteiger partial charge in [-0.3, -0.25) is 0 Å². The van der Waals surface area contributed by atoms with Gasteiger partial charge in [-0.2, -0.15) is 0 Å². The third kappa shape index (κ3) is 3.58. The maximum atomic E-state index is 10.1. The zero-order valence-corrected chi connectivity index (χ0v) is 6.66. The van der Waals surface area contributed by atoms with Gasteiger partial charge in [-0.25, -0.2) is 4.79 Å². The number of nitrogens with one attached hydrogen (secondary N) is 1. The van der Waals surface area contributed by atoms with E-state index in [1.165, 1.54) is 0 Å². The van der Waals surface area contributed by atoms with E-state index < -0.39 is 6.09 Å². The molecule has 66 valence electrons. The van der Waals surface area contributed by atoms with Crippen molar-refractivity contribution in [3.63, 3.8) is 0 Å². The average Bonchev–Trinajstić information content (AvgIpc) is 2.03. The first kappa shape index (κ1) is 10.4. The molecule has 1 amide bonds. The lowest BCUT2D eigenvalue weighted by atomic mass is 10.2. The molecule has 4 nitrogen and oxygen atoms in total. The fraction of sp³-hybridized carbons (Fsp3) is 0.125. The van der Waals surface area contributed by atoms with Crippen LogP contribution in [0.2, 0.25) is 0 Å². The summed E-state index contributed by atoms with van der Waals surface area (Å²) in [6.07, 6.45) is -0.992. The highest BCUT2D eigenvalue weighted by atomic mass is 16.4. The van der Waals surface area contributed by atoms with Crippen LogP contribution in [0.1, 0.15) is 5.56 Å². The number of rotatable bonds is 2. The third-order valence-corrected chi connectivity index (χ3v) is 1.29. The van der Waals surface area contributed by atoms with Gasteiger partial charge in [0.15, 0.2) is 0 Å². The number of carboxylic acid groups (broad SMARTS) is 1. The van der Waals surface area contributed by atoms with Crippen molar-refractivity contribution < 1.29 is 9.90 Å². The minimum absolute atomic E-state index is 0. The van der Waals surface area contributed by atoms with Crippen molar-refractivity contribution in [1.29, 1.82) is 0 Å². The summed E-state index contributed by atoms with van der Waals surface area (Å²) >= 11 is 0. The maximum Gasteiger partial charge on any atom is 0.404 e. The molecule has 0 radical (unpaired) electrons. The van der Waals surface area contributed by atoms with Crippen LogP contribution in [0.3, 0.4) is 0 Å². The van der Waals surface area contributed by atoms with Gasteiger partial charge in [0, 0.05) is 6.54 Å². The highest BCUT2D eigenvalue weighted by Crippen LogP contribution is 1.96. The lowest BCUT2D eigenvalue weighted by molar-refractivity contribution is 0.194. The van der Waals surface area contributed by atoms with Crippen LogP contribution in [0.4, 0.5) is 4.79 Å². The molecule has 0 saturated heterocycles. The number of amides is 1. The van der Waals surface area contributed by atoms with Crippen LogP contribution in [0.25, 0.3) is 0 Å². The molecule has 0 aliphatic carbocycles. The Balaban J connectivity index is 0.00000121. The van der Waals surface area contributed by atoms with E-state index in [1.807, 2.05) is 30.3 Å². The van der Waals surface area contributed by atoms with Crippen LogP contribution in [0, 0.1) is 0 Å². The molecule has 0 bridgehead atoms. The summed E-state index contributed by atoms with van der Waals surface area (Å²) in [6, 6.07) is 9.38. The second-order valence-corrected chi connectivity index (χ2v) is 2.14. The van der Waals surface area contributed by atoms with E-state index in [-0.39, 0.29) is 6.15 Å². The van der Waals surface area contributed by atoms with Gasteiger partial charge in [0.25, 0.3) is 0 Å². The second kappa shape index (κ2) is 5.15. The van der Waals surface area contributed by atoms with Crippen molar-refractivity contribution in [3.8, 4) is 0 Å². The fourth-order valence-corrected chi connectivity index (χ4v) is 0.774. The van der Waals surface area contributed by atoms with Crippen LogP contribution in [-0.4, -0.2) is 11.2 Å². The Labute approximate surface area is 70.8 Å². The Bertz CT molecular complexity index is 236. The number of hydrogen-bond acceptors (Lipinski definition) is 2. The second-order valence-electron chi connectivity index (χ2n) is 2.14. The summed E-state index contributed by atoms with van der Waals surface area (Å²) in [7, 11) is 0. The molecule has 0 spiro atoms. The van der Waals surface area contributed by atoms with Crippen LogP contribution >= 0.6 is 0 Å². The van der Waals surface area contributed by atoms with Crippen molar-refractivity contribution in [2.75, 3.05) is 0 Å². The molecule has 0 heterocycles. The van der Waals surface area contributed by atoms with E-state index in [4.69, 9.17) is 5.11 Å². The normalized spacial score (nSPS) is 8.33. The SMILES string of the molecule is N.O=C(O)NCc1ccccc1. The highest BCUT2D eigenvalue weighted by Gasteiger charge is 1.93. The molecule has 12 heavy (non-hydrogen) atoms. The molecule has 4 heteroatoms. The van der Waals surface area contributed by atoms with Gasteiger partial charge in [0.1, 0.15) is 0 Å². The van der Waals surface area contributed by atoms with Crippen molar-refractivity contribution >= 4 is 6.09 Å². The molecule has 1 aromatic carbocycles. The fourth-order valence-electron chi connectivity index (χ4n) is 0.774. The first-order valence-corrected chi connectivity index (χ1v) is 3.30. The lowest BCUT2D eigenvalue weighted by Crippen LogP contribution is -2.19. The molecule has 0 aromatic heterocycles. The van der Waals surface area contributed by atoms with E-state index in [2.05, 4.69) is 5.32 Å². The summed E-state index contributed by atoms with van der Waals surface area (Å²) < 4.78 is 0. The zero-order chi connectivity index (χ0) is 8.10. The van der Waals surface area contributed by atoms with Gasteiger partial charge in [-0.15, -0.1) is 0 Å². The summed E-state index contributed by atoms with van der Waals surface area (Å²) in [4.78, 5) is 10.1. The molecule has 1 rings (SSSR count). The van der Waals surface area contributed by atoms with Crippen molar-refractivity contribution in [2.24, 2.45) is 0 Å². The topological polar surface area (TPSA) is 84.3 Å². The first-order valence-electron chi connectivity index (χ1n) is 3.30. The van der Waals surface area contributed by atoms with E-state index in [0.29, 0.717) is 6.54 Å². The monoisotopic (exact) mass is 168 g/mol. The van der Waals surface area contributed by atoms with Gasteiger partial charge in [-0.1, -0.05) is 30.3 Å². The van der Waals surface area contributed by atoms with E-state index in [0.717, 1.165) is 5.56 Å². The van der Waals surface area contributed by atoms with E-state index in [1.54, 1.807) is 0 Å². The van der Waals surface area contributed by atoms with E-state index in [9.17, 15) is 4.79 Å². The molecule has 0 atom stereocenters. The Morgan fingerprint density at radius 3 is 2.42 bits per heavy atom. The predicted octanol–water partition coefficient (Wildman–Crippen LogP) is 1.62. The average molecular weight is 168 g/mol. The molecule has 0 unspecified atom stereocenters. The van der Waals surface area contributed by atoms with Crippen molar-refractivity contribution in [3.05, 3.63) is 35.9 Å². The number of benzene rings is 1. The van der Waals surface area contributed by atoms with Crippen molar-refractivity contribution in [1.82, 2.24) is 11.5 Å². The lowest BCUT2D eigenvalue weighted by Gasteiger charge is -1.98. The first-order chi connectivity index (χ1) is 5.29. The Morgan fingerprint density at radius 2 is 1.92 bits per heavy atom. The smallest absolute Gasteiger partial charge is 0.404 e. The minimum Gasteiger partial charge on any atom is -0.465 e. The van der Waals surface area contributed by atoms with Gasteiger partial charge >= 0.3 is 6.09 Å². The molecule has 0 saturated carbocycles. The van der Waals surface area contributed by atoms with Gasteiger partial charge in [0.2, 0.25) is 0 Å². The Kier molecular flexibility index (Phi) is 4.48. The molecule has 0 aliphatic rings. The molecular weight excluding hydrogens is 156 g/mol. The minimum atomic E-state index is -0.992. The summed E-state index contributed by atoms with van der Waals surface area (Å²) in [6.45, 7) is 0.371. The van der Waals surface area contributed by atoms with Gasteiger partial charge in [-0.05, 0) is 5.56 Å². The highest BCUT2D eigenvalue weighted by molar-refractivity contribution is 5.64. The standard InChI is InChI=1S/C8H9NO2.H3N/c10-8(11)9-6-7-4-2-1-3-5-7;/h1-5,9H,6H2,(H,10,11);1H3. The van der Waals surface area contributed by atoms with Gasteiger partial charge < -0.3 is 16.6 Å². The van der Waals surface area contributed by atoms with Crippen molar-refractivity contribution in [2.45, 2.75) is 6.54 Å². The van der Waals surface area contributed by atoms with Crippen LogP contribution in [0.15, 0.2) is 30.3 Å². The molecule has 0 fully saturated rings. The van der Waals surface area contributed by atoms with Crippen LogP contribution in [0.5, 0.6) is 0 Å². The Hall–Kier alpha value is -1.55. The van der Waals surface area contributed by atoms with Crippen LogP contribution < -0.4 is 11.5 Å². The summed E-state index contributed by atoms with van der Waals surface area (Å²) in [5, 5.41) is 10.5. The number of carbonyl (C=O) groups is 1. The third-order valence-electron chi connectivity index (χ3n) is 1.29.